The van der Waals surface area contributed by atoms with E-state index in [2.05, 4.69) is 0 Å². The summed E-state index contributed by atoms with van der Waals surface area (Å²) in [5.41, 5.74) is 5.67. The van der Waals surface area contributed by atoms with Crippen molar-refractivity contribution in [2.45, 2.75) is 31.4 Å². The maximum atomic E-state index is 11.3. The minimum absolute atomic E-state index is 0.0784. The monoisotopic (exact) mass is 186 g/mol. The molecular formula is C9H18N2O2. The summed E-state index contributed by atoms with van der Waals surface area (Å²) in [5.74, 6) is 0.125. The molecule has 13 heavy (non-hydrogen) atoms. The van der Waals surface area contributed by atoms with Crippen molar-refractivity contribution in [1.82, 2.24) is 4.90 Å². The van der Waals surface area contributed by atoms with E-state index in [-0.39, 0.29) is 18.1 Å². The fraction of sp³-hybridized carbons (Fsp3) is 0.889. The molecule has 76 valence electrons. The summed E-state index contributed by atoms with van der Waals surface area (Å²) in [7, 11) is 3.52. The molecule has 0 saturated carbocycles. The lowest BCUT2D eigenvalue weighted by molar-refractivity contribution is -0.132. The predicted molar refractivity (Wildman–Crippen MR) is 50.3 cm³/mol. The van der Waals surface area contributed by atoms with E-state index in [4.69, 9.17) is 10.5 Å². The van der Waals surface area contributed by atoms with Crippen LogP contribution >= 0.6 is 0 Å². The third kappa shape index (κ3) is 3.32. The minimum atomic E-state index is 0.0784. The Bertz CT molecular complexity index is 174. The van der Waals surface area contributed by atoms with Gasteiger partial charge in [0, 0.05) is 20.1 Å². The van der Waals surface area contributed by atoms with Gasteiger partial charge in [-0.15, -0.1) is 0 Å². The van der Waals surface area contributed by atoms with Gasteiger partial charge >= 0.3 is 0 Å². The molecule has 1 fully saturated rings. The molecule has 0 aromatic rings. The highest BCUT2D eigenvalue weighted by atomic mass is 16.5. The summed E-state index contributed by atoms with van der Waals surface area (Å²) < 4.78 is 5.44. The molecule has 0 aromatic carbocycles. The Balaban J connectivity index is 2.26. The van der Waals surface area contributed by atoms with Crippen molar-refractivity contribution in [3.63, 3.8) is 0 Å². The average Bonchev–Trinajstić information content (AvgIpc) is 2.08. The second-order valence-electron chi connectivity index (χ2n) is 3.79. The molecule has 1 amide bonds. The highest BCUT2D eigenvalue weighted by Crippen LogP contribution is 2.15. The number of nitrogens with zero attached hydrogens (tertiary/aromatic N) is 1. The minimum Gasteiger partial charge on any atom is -0.376 e. The van der Waals surface area contributed by atoms with Crippen LogP contribution in [0.3, 0.4) is 0 Å². The van der Waals surface area contributed by atoms with Gasteiger partial charge in [-0.1, -0.05) is 0 Å². The Morgan fingerprint density at radius 2 is 2.23 bits per heavy atom. The molecule has 4 heteroatoms. The summed E-state index contributed by atoms with van der Waals surface area (Å²) in [5, 5.41) is 0. The van der Waals surface area contributed by atoms with Crippen molar-refractivity contribution < 1.29 is 9.53 Å². The van der Waals surface area contributed by atoms with Gasteiger partial charge in [0.2, 0.25) is 5.91 Å². The molecule has 4 nitrogen and oxygen atoms in total. The van der Waals surface area contributed by atoms with E-state index in [1.54, 1.807) is 19.0 Å². The van der Waals surface area contributed by atoms with Gasteiger partial charge in [-0.2, -0.15) is 0 Å². The first-order valence-corrected chi connectivity index (χ1v) is 4.67. The van der Waals surface area contributed by atoms with Crippen molar-refractivity contribution in [3.8, 4) is 0 Å². The third-order valence-corrected chi connectivity index (χ3v) is 2.31. The van der Waals surface area contributed by atoms with Crippen LogP contribution in [0.2, 0.25) is 0 Å². The molecule has 1 rings (SSSR count). The van der Waals surface area contributed by atoms with E-state index in [1.165, 1.54) is 0 Å². The molecule has 0 aromatic heterocycles. The number of carbonyl (C=O) groups excluding carboxylic acids is 1. The molecule has 2 N–H and O–H groups in total. The summed E-state index contributed by atoms with van der Waals surface area (Å²) >= 11 is 0. The fourth-order valence-electron chi connectivity index (χ4n) is 1.36. The van der Waals surface area contributed by atoms with Crippen molar-refractivity contribution in [3.05, 3.63) is 0 Å². The summed E-state index contributed by atoms with van der Waals surface area (Å²) in [4.78, 5) is 12.9. The van der Waals surface area contributed by atoms with Crippen LogP contribution in [0.25, 0.3) is 0 Å². The van der Waals surface area contributed by atoms with E-state index in [9.17, 15) is 4.79 Å². The molecule has 1 heterocycles. The summed E-state index contributed by atoms with van der Waals surface area (Å²) in [6.45, 7) is 0.589. The molecule has 1 saturated heterocycles. The summed E-state index contributed by atoms with van der Waals surface area (Å²) in [6, 6.07) is 0.158. The molecule has 2 atom stereocenters. The van der Waals surface area contributed by atoms with Crippen LogP contribution in [-0.4, -0.2) is 43.7 Å². The zero-order valence-corrected chi connectivity index (χ0v) is 8.32. The second kappa shape index (κ2) is 4.58. The Morgan fingerprint density at radius 3 is 2.69 bits per heavy atom. The van der Waals surface area contributed by atoms with Gasteiger partial charge in [0.15, 0.2) is 0 Å². The van der Waals surface area contributed by atoms with Crippen molar-refractivity contribution in [1.29, 1.82) is 0 Å². The zero-order valence-electron chi connectivity index (χ0n) is 8.32. The normalized spacial score (nSPS) is 28.5. The van der Waals surface area contributed by atoms with E-state index in [0.29, 0.717) is 13.0 Å². The van der Waals surface area contributed by atoms with Crippen LogP contribution in [0.5, 0.6) is 0 Å². The van der Waals surface area contributed by atoms with Gasteiger partial charge in [0.1, 0.15) is 0 Å². The van der Waals surface area contributed by atoms with E-state index in [0.717, 1.165) is 12.8 Å². The average molecular weight is 186 g/mol. The highest BCUT2D eigenvalue weighted by Gasteiger charge is 2.21. The Hall–Kier alpha value is -0.610. The van der Waals surface area contributed by atoms with Gasteiger partial charge in [-0.3, -0.25) is 4.79 Å². The highest BCUT2D eigenvalue weighted by molar-refractivity contribution is 5.76. The number of amides is 1. The summed E-state index contributed by atoms with van der Waals surface area (Å²) in [6.07, 6.45) is 2.43. The van der Waals surface area contributed by atoms with Crippen LogP contribution in [0.1, 0.15) is 19.3 Å². The molecule has 0 aliphatic carbocycles. The first-order valence-electron chi connectivity index (χ1n) is 4.67. The fourth-order valence-corrected chi connectivity index (χ4v) is 1.36. The molecule has 0 unspecified atom stereocenters. The van der Waals surface area contributed by atoms with Crippen molar-refractivity contribution >= 4 is 5.91 Å². The lowest BCUT2D eigenvalue weighted by Crippen LogP contribution is -2.37. The van der Waals surface area contributed by atoms with E-state index >= 15 is 0 Å². The van der Waals surface area contributed by atoms with Crippen LogP contribution in [0.15, 0.2) is 0 Å². The standard InChI is InChI=1S/C9H18N2O2/c1-11(2)9(12)5-8-4-3-7(10)6-13-8/h7-8H,3-6,10H2,1-2H3/t7-,8+/m1/s1. The maximum Gasteiger partial charge on any atom is 0.224 e. The lowest BCUT2D eigenvalue weighted by atomic mass is 10.0. The lowest BCUT2D eigenvalue weighted by Gasteiger charge is -2.27. The SMILES string of the molecule is CN(C)C(=O)C[C@@H]1CC[C@@H](N)CO1. The maximum absolute atomic E-state index is 11.3. The van der Waals surface area contributed by atoms with Crippen LogP contribution in [0.4, 0.5) is 0 Å². The van der Waals surface area contributed by atoms with Gasteiger partial charge in [-0.05, 0) is 12.8 Å². The molecular weight excluding hydrogens is 168 g/mol. The van der Waals surface area contributed by atoms with Gasteiger partial charge in [0.25, 0.3) is 0 Å². The predicted octanol–water partition coefficient (Wildman–Crippen LogP) is -0.0290. The zero-order chi connectivity index (χ0) is 9.84. The molecule has 0 spiro atoms. The molecule has 0 bridgehead atoms. The number of hydrogen-bond donors (Lipinski definition) is 1. The van der Waals surface area contributed by atoms with Crippen molar-refractivity contribution in [2.24, 2.45) is 5.73 Å². The van der Waals surface area contributed by atoms with Gasteiger partial charge < -0.3 is 15.4 Å². The number of nitrogens with two attached hydrogens (primary N) is 1. The molecule has 0 radical (unpaired) electrons. The number of hydrogen-bond acceptors (Lipinski definition) is 3. The number of ether oxygens (including phenoxy) is 1. The molecule has 1 aliphatic heterocycles. The second-order valence-corrected chi connectivity index (χ2v) is 3.79. The van der Waals surface area contributed by atoms with Gasteiger partial charge in [0.05, 0.1) is 19.1 Å². The number of rotatable bonds is 2. The molecule has 1 aliphatic rings. The number of carbonyl (C=O) groups is 1. The van der Waals surface area contributed by atoms with Crippen LogP contribution in [0, 0.1) is 0 Å². The largest absolute Gasteiger partial charge is 0.376 e. The van der Waals surface area contributed by atoms with E-state index in [1.807, 2.05) is 0 Å². The Labute approximate surface area is 79.0 Å². The topological polar surface area (TPSA) is 55.6 Å². The van der Waals surface area contributed by atoms with E-state index < -0.39 is 0 Å². The van der Waals surface area contributed by atoms with Gasteiger partial charge in [-0.25, -0.2) is 0 Å². The quantitative estimate of drug-likeness (QED) is 0.659. The smallest absolute Gasteiger partial charge is 0.224 e. The third-order valence-electron chi connectivity index (χ3n) is 2.31. The van der Waals surface area contributed by atoms with Crippen molar-refractivity contribution in [2.75, 3.05) is 20.7 Å². The first-order chi connectivity index (χ1) is 6.09. The van der Waals surface area contributed by atoms with Crippen LogP contribution in [-0.2, 0) is 9.53 Å². The Morgan fingerprint density at radius 1 is 1.54 bits per heavy atom. The van der Waals surface area contributed by atoms with Crippen LogP contribution < -0.4 is 5.73 Å². The first kappa shape index (κ1) is 10.5. The Kier molecular flexibility index (Phi) is 3.69.